The molecule has 0 aliphatic rings. The number of nitrogens with one attached hydrogen (secondary N) is 2. The Kier molecular flexibility index (Phi) is 4.95. The van der Waals surface area contributed by atoms with Crippen LogP contribution in [0.15, 0.2) is 42.5 Å². The van der Waals surface area contributed by atoms with E-state index in [0.29, 0.717) is 10.7 Å². The van der Waals surface area contributed by atoms with Crippen molar-refractivity contribution in [1.82, 2.24) is 0 Å². The second-order valence-corrected chi connectivity index (χ2v) is 4.84. The molecule has 3 N–H and O–H groups in total. The highest BCUT2D eigenvalue weighted by molar-refractivity contribution is 6.30. The van der Waals surface area contributed by atoms with Crippen molar-refractivity contribution in [2.45, 2.75) is 0 Å². The van der Waals surface area contributed by atoms with Crippen molar-refractivity contribution in [2.75, 3.05) is 17.2 Å². The highest BCUT2D eigenvalue weighted by Crippen LogP contribution is 2.17. The Hall–Kier alpha value is -2.60. The van der Waals surface area contributed by atoms with Gasteiger partial charge >= 0.3 is 5.97 Å². The molecule has 0 fully saturated rings. The molecule has 0 heterocycles. The van der Waals surface area contributed by atoms with Crippen molar-refractivity contribution in [3.8, 4) is 0 Å². The van der Waals surface area contributed by atoms with Crippen molar-refractivity contribution in [3.63, 3.8) is 0 Å². The molecule has 2 aromatic rings. The molecule has 0 radical (unpaired) electrons. The van der Waals surface area contributed by atoms with Gasteiger partial charge in [0.25, 0.3) is 0 Å². The van der Waals surface area contributed by atoms with Crippen LogP contribution in [0.5, 0.6) is 0 Å². The Morgan fingerprint density at radius 3 is 2.45 bits per heavy atom. The first kappa shape index (κ1) is 15.8. The van der Waals surface area contributed by atoms with Gasteiger partial charge in [0, 0.05) is 10.7 Å². The number of carbonyl (C=O) groups excluding carboxylic acids is 1. The molecule has 1 amide bonds. The van der Waals surface area contributed by atoms with Gasteiger partial charge in [0.05, 0.1) is 17.8 Å². The van der Waals surface area contributed by atoms with Crippen molar-refractivity contribution in [2.24, 2.45) is 0 Å². The third-order valence-corrected chi connectivity index (χ3v) is 3.04. The SMILES string of the molecule is O=C(CNc1ccc(Cl)cc1)Nc1ccc(F)cc1C(=O)O. The number of anilines is 2. The first-order valence-electron chi connectivity index (χ1n) is 6.28. The number of hydrogen-bond acceptors (Lipinski definition) is 3. The minimum atomic E-state index is -1.32. The van der Waals surface area contributed by atoms with Crippen LogP contribution in [0.4, 0.5) is 15.8 Å². The minimum absolute atomic E-state index is 0.0387. The quantitative estimate of drug-likeness (QED) is 0.789. The van der Waals surface area contributed by atoms with E-state index in [2.05, 4.69) is 10.6 Å². The summed E-state index contributed by atoms with van der Waals surface area (Å²) < 4.78 is 13.0. The Labute approximate surface area is 130 Å². The van der Waals surface area contributed by atoms with E-state index in [0.717, 1.165) is 12.1 Å². The molecule has 0 saturated carbocycles. The van der Waals surface area contributed by atoms with Crippen LogP contribution in [0.2, 0.25) is 5.02 Å². The fourth-order valence-electron chi connectivity index (χ4n) is 1.75. The molecule has 5 nitrogen and oxygen atoms in total. The topological polar surface area (TPSA) is 78.4 Å². The lowest BCUT2D eigenvalue weighted by Crippen LogP contribution is -2.23. The monoisotopic (exact) mass is 322 g/mol. The van der Waals surface area contributed by atoms with Gasteiger partial charge in [-0.2, -0.15) is 0 Å². The third kappa shape index (κ3) is 4.20. The van der Waals surface area contributed by atoms with Crippen LogP contribution in [0.3, 0.4) is 0 Å². The van der Waals surface area contributed by atoms with Crippen molar-refractivity contribution in [3.05, 3.63) is 58.9 Å². The lowest BCUT2D eigenvalue weighted by atomic mass is 10.1. The second kappa shape index (κ2) is 6.91. The molecule has 0 atom stereocenters. The molecule has 0 aromatic heterocycles. The largest absolute Gasteiger partial charge is 0.478 e. The second-order valence-electron chi connectivity index (χ2n) is 4.40. The molecule has 0 aliphatic carbocycles. The summed E-state index contributed by atoms with van der Waals surface area (Å²) in [6.45, 7) is -0.0714. The van der Waals surface area contributed by atoms with Crippen LogP contribution in [-0.2, 0) is 4.79 Å². The van der Waals surface area contributed by atoms with Gasteiger partial charge in [0.2, 0.25) is 5.91 Å². The number of hydrogen-bond donors (Lipinski definition) is 3. The Morgan fingerprint density at radius 1 is 1.14 bits per heavy atom. The van der Waals surface area contributed by atoms with Crippen LogP contribution >= 0.6 is 11.6 Å². The summed E-state index contributed by atoms with van der Waals surface area (Å²) in [5.41, 5.74) is 0.425. The zero-order valence-corrected chi connectivity index (χ0v) is 12.0. The summed E-state index contributed by atoms with van der Waals surface area (Å²) in [5, 5.41) is 14.9. The summed E-state index contributed by atoms with van der Waals surface area (Å²) in [6, 6.07) is 9.89. The molecule has 0 aliphatic heterocycles. The van der Waals surface area contributed by atoms with Crippen LogP contribution in [0, 0.1) is 5.82 Å². The van der Waals surface area contributed by atoms with E-state index in [4.69, 9.17) is 16.7 Å². The van der Waals surface area contributed by atoms with Gasteiger partial charge in [-0.05, 0) is 42.5 Å². The van der Waals surface area contributed by atoms with Crippen LogP contribution in [0.1, 0.15) is 10.4 Å². The summed E-state index contributed by atoms with van der Waals surface area (Å²) in [5.74, 6) is -2.46. The van der Waals surface area contributed by atoms with Crippen LogP contribution in [0.25, 0.3) is 0 Å². The van der Waals surface area contributed by atoms with Crippen molar-refractivity contribution >= 4 is 34.9 Å². The van der Waals surface area contributed by atoms with Gasteiger partial charge in [-0.25, -0.2) is 9.18 Å². The number of benzene rings is 2. The molecule has 2 aromatic carbocycles. The lowest BCUT2D eigenvalue weighted by Gasteiger charge is -2.10. The van der Waals surface area contributed by atoms with E-state index in [1.807, 2.05) is 0 Å². The minimum Gasteiger partial charge on any atom is -0.478 e. The fourth-order valence-corrected chi connectivity index (χ4v) is 1.87. The molecular weight excluding hydrogens is 311 g/mol. The number of carboxylic acid groups (broad SMARTS) is 1. The number of rotatable bonds is 5. The molecule has 0 saturated heterocycles. The first-order valence-corrected chi connectivity index (χ1v) is 6.65. The molecule has 0 unspecified atom stereocenters. The highest BCUT2D eigenvalue weighted by Gasteiger charge is 2.13. The van der Waals surface area contributed by atoms with Crippen molar-refractivity contribution < 1.29 is 19.1 Å². The summed E-state index contributed by atoms with van der Waals surface area (Å²) >= 11 is 5.75. The van der Waals surface area contributed by atoms with Gasteiger partial charge in [-0.3, -0.25) is 4.79 Å². The van der Waals surface area contributed by atoms with Crippen molar-refractivity contribution in [1.29, 1.82) is 0 Å². The van der Waals surface area contributed by atoms with E-state index in [1.165, 1.54) is 6.07 Å². The number of carbonyl (C=O) groups is 2. The van der Waals surface area contributed by atoms with E-state index >= 15 is 0 Å². The molecule has 114 valence electrons. The van der Waals surface area contributed by atoms with E-state index in [9.17, 15) is 14.0 Å². The predicted molar refractivity (Wildman–Crippen MR) is 81.9 cm³/mol. The van der Waals surface area contributed by atoms with Gasteiger partial charge in [-0.1, -0.05) is 11.6 Å². The lowest BCUT2D eigenvalue weighted by molar-refractivity contribution is -0.114. The average molecular weight is 323 g/mol. The summed E-state index contributed by atoms with van der Waals surface area (Å²) in [4.78, 5) is 22.8. The van der Waals surface area contributed by atoms with E-state index in [1.54, 1.807) is 24.3 Å². The maximum absolute atomic E-state index is 13.0. The maximum atomic E-state index is 13.0. The Morgan fingerprint density at radius 2 is 1.82 bits per heavy atom. The number of carboxylic acids is 1. The first-order chi connectivity index (χ1) is 10.5. The third-order valence-electron chi connectivity index (χ3n) is 2.78. The molecule has 22 heavy (non-hydrogen) atoms. The van der Waals surface area contributed by atoms with Crippen LogP contribution in [-0.4, -0.2) is 23.5 Å². The fraction of sp³-hybridized carbons (Fsp3) is 0.0667. The maximum Gasteiger partial charge on any atom is 0.337 e. The van der Waals surface area contributed by atoms with E-state index in [-0.39, 0.29) is 17.8 Å². The average Bonchev–Trinajstić information content (AvgIpc) is 2.48. The molecule has 2 rings (SSSR count). The predicted octanol–water partition coefficient (Wildman–Crippen LogP) is 3.23. The Balaban J connectivity index is 2.00. The van der Waals surface area contributed by atoms with E-state index < -0.39 is 17.7 Å². The summed E-state index contributed by atoms with van der Waals surface area (Å²) in [7, 11) is 0. The number of amides is 1. The number of halogens is 2. The normalized spacial score (nSPS) is 10.1. The zero-order chi connectivity index (χ0) is 16.1. The highest BCUT2D eigenvalue weighted by atomic mass is 35.5. The number of aromatic carboxylic acids is 1. The van der Waals surface area contributed by atoms with Gasteiger partial charge < -0.3 is 15.7 Å². The standard InChI is InChI=1S/C15H12ClFN2O3/c16-9-1-4-11(5-2-9)18-8-14(20)19-13-6-3-10(17)7-12(13)15(21)22/h1-7,18H,8H2,(H,19,20)(H,21,22). The zero-order valence-electron chi connectivity index (χ0n) is 11.3. The molecular formula is C15H12ClFN2O3. The molecule has 7 heteroatoms. The van der Waals surface area contributed by atoms with Gasteiger partial charge in [0.15, 0.2) is 0 Å². The van der Waals surface area contributed by atoms with Gasteiger partial charge in [0.1, 0.15) is 5.82 Å². The Bertz CT molecular complexity index is 704. The van der Waals surface area contributed by atoms with Gasteiger partial charge in [-0.15, -0.1) is 0 Å². The molecule has 0 bridgehead atoms. The molecule has 0 spiro atoms. The smallest absolute Gasteiger partial charge is 0.337 e. The van der Waals surface area contributed by atoms with Crippen LogP contribution < -0.4 is 10.6 Å². The summed E-state index contributed by atoms with van der Waals surface area (Å²) in [6.07, 6.45) is 0.